The van der Waals surface area contributed by atoms with Gasteiger partial charge >= 0.3 is 0 Å². The molecule has 0 unspecified atom stereocenters. The first kappa shape index (κ1) is 17.2. The van der Waals surface area contributed by atoms with Crippen molar-refractivity contribution in [3.05, 3.63) is 59.7 Å². The Morgan fingerprint density at radius 3 is 2.57 bits per heavy atom. The van der Waals surface area contributed by atoms with Gasteiger partial charge in [-0.15, -0.1) is 0 Å². The van der Waals surface area contributed by atoms with Crippen LogP contribution in [0, 0.1) is 0 Å². The largest absolute Gasteiger partial charge is 0.432 e. The van der Waals surface area contributed by atoms with Gasteiger partial charge in [0, 0.05) is 33.4 Å². The first-order valence-corrected chi connectivity index (χ1v) is 7.79. The minimum Gasteiger partial charge on any atom is -0.432 e. The lowest BCUT2D eigenvalue weighted by Gasteiger charge is -2.15. The van der Waals surface area contributed by atoms with Crippen LogP contribution in [0.15, 0.2) is 48.5 Å². The molecule has 2 aromatic rings. The Hall–Kier alpha value is -2.11. The van der Waals surface area contributed by atoms with Crippen LogP contribution in [0.1, 0.15) is 11.1 Å². The van der Waals surface area contributed by atoms with Crippen molar-refractivity contribution in [1.82, 2.24) is 4.90 Å². The summed E-state index contributed by atoms with van der Waals surface area (Å²) in [7, 11) is 5.42. The minimum absolute atomic E-state index is 0.447. The van der Waals surface area contributed by atoms with Gasteiger partial charge < -0.3 is 19.7 Å². The molecule has 5 heteroatoms. The monoisotopic (exact) mass is 330 g/mol. The molecule has 0 aliphatic carbocycles. The van der Waals surface area contributed by atoms with E-state index >= 15 is 0 Å². The van der Waals surface area contributed by atoms with Crippen molar-refractivity contribution < 1.29 is 9.47 Å². The molecular formula is C18H22N2O2S. The molecule has 0 spiro atoms. The molecule has 4 nitrogen and oxygen atoms in total. The number of hydrogen-bond acceptors (Lipinski definition) is 4. The second-order valence-corrected chi connectivity index (χ2v) is 5.75. The Balaban J connectivity index is 1.98. The molecule has 0 fully saturated rings. The van der Waals surface area contributed by atoms with E-state index in [0.717, 1.165) is 22.6 Å². The Morgan fingerprint density at radius 1 is 1.09 bits per heavy atom. The quantitative estimate of drug-likeness (QED) is 0.817. The van der Waals surface area contributed by atoms with Gasteiger partial charge in [0.15, 0.2) is 0 Å². The van der Waals surface area contributed by atoms with Gasteiger partial charge in [0.2, 0.25) is 0 Å². The highest BCUT2D eigenvalue weighted by Crippen LogP contribution is 2.17. The van der Waals surface area contributed by atoms with Crippen LogP contribution in [0.3, 0.4) is 0 Å². The minimum atomic E-state index is 0.447. The Kier molecular flexibility index (Phi) is 6.38. The van der Waals surface area contributed by atoms with Crippen molar-refractivity contribution in [2.75, 3.05) is 26.5 Å². The van der Waals surface area contributed by atoms with Crippen LogP contribution < -0.4 is 10.1 Å². The predicted octanol–water partition coefficient (Wildman–Crippen LogP) is 3.67. The van der Waals surface area contributed by atoms with E-state index in [1.807, 2.05) is 50.5 Å². The molecule has 0 saturated heterocycles. The van der Waals surface area contributed by atoms with Gasteiger partial charge in [-0.05, 0) is 47.6 Å². The molecule has 0 aromatic heterocycles. The normalized spacial score (nSPS) is 10.2. The number of benzene rings is 2. The molecule has 122 valence electrons. The third kappa shape index (κ3) is 5.54. The van der Waals surface area contributed by atoms with E-state index in [9.17, 15) is 0 Å². The lowest BCUT2D eigenvalue weighted by molar-refractivity contribution is 0.185. The van der Waals surface area contributed by atoms with Crippen molar-refractivity contribution >= 4 is 23.1 Å². The van der Waals surface area contributed by atoms with Gasteiger partial charge in [-0.2, -0.15) is 0 Å². The van der Waals surface area contributed by atoms with Gasteiger partial charge in [-0.3, -0.25) is 0 Å². The molecule has 0 saturated carbocycles. The fourth-order valence-corrected chi connectivity index (χ4v) is 2.15. The molecule has 0 atom stereocenters. The summed E-state index contributed by atoms with van der Waals surface area (Å²) in [6, 6.07) is 16.1. The fraction of sp³-hybridized carbons (Fsp3) is 0.278. The summed E-state index contributed by atoms with van der Waals surface area (Å²) in [5, 5.41) is 3.86. The summed E-state index contributed by atoms with van der Waals surface area (Å²) in [6.45, 7) is 1.32. The lowest BCUT2D eigenvalue weighted by atomic mass is 10.2. The second kappa shape index (κ2) is 8.50. The van der Waals surface area contributed by atoms with E-state index in [-0.39, 0.29) is 0 Å². The number of nitrogens with one attached hydrogen (secondary N) is 1. The molecule has 23 heavy (non-hydrogen) atoms. The Morgan fingerprint density at radius 2 is 1.83 bits per heavy atom. The second-order valence-electron chi connectivity index (χ2n) is 5.40. The molecule has 0 amide bonds. The van der Waals surface area contributed by atoms with Crippen molar-refractivity contribution in [1.29, 1.82) is 0 Å². The highest BCUT2D eigenvalue weighted by Gasteiger charge is 2.03. The SMILES string of the molecule is COCc1cccc(NCc2cccc(OC(=S)N(C)C)c2)c1. The maximum Gasteiger partial charge on any atom is 0.264 e. The van der Waals surface area contributed by atoms with Crippen LogP contribution in [0.25, 0.3) is 0 Å². The number of anilines is 1. The molecule has 2 aromatic carbocycles. The van der Waals surface area contributed by atoms with Crippen LogP contribution in [0.4, 0.5) is 5.69 Å². The van der Waals surface area contributed by atoms with E-state index in [4.69, 9.17) is 21.7 Å². The smallest absolute Gasteiger partial charge is 0.264 e. The average molecular weight is 330 g/mol. The van der Waals surface area contributed by atoms with Gasteiger partial charge in [0.05, 0.1) is 6.61 Å². The molecule has 0 bridgehead atoms. The number of methoxy groups -OCH3 is 1. The third-order valence-electron chi connectivity index (χ3n) is 3.20. The first-order valence-electron chi connectivity index (χ1n) is 7.38. The number of hydrogen-bond donors (Lipinski definition) is 1. The highest BCUT2D eigenvalue weighted by atomic mass is 32.1. The molecule has 2 rings (SSSR count). The van der Waals surface area contributed by atoms with Crippen molar-refractivity contribution in [2.24, 2.45) is 0 Å². The predicted molar refractivity (Wildman–Crippen MR) is 97.8 cm³/mol. The topological polar surface area (TPSA) is 33.7 Å². The van der Waals surface area contributed by atoms with Crippen LogP contribution in [0.5, 0.6) is 5.75 Å². The van der Waals surface area contributed by atoms with Crippen LogP contribution >= 0.6 is 12.2 Å². The van der Waals surface area contributed by atoms with E-state index < -0.39 is 0 Å². The van der Waals surface area contributed by atoms with Crippen LogP contribution in [0.2, 0.25) is 0 Å². The standard InChI is InChI=1S/C18H22N2O2S/c1-20(2)18(23)22-17-9-5-6-14(11-17)12-19-16-8-4-7-15(10-16)13-21-3/h4-11,19H,12-13H2,1-3H3. The zero-order chi connectivity index (χ0) is 16.7. The number of thiocarbonyl (C=S) groups is 1. The van der Waals surface area contributed by atoms with E-state index in [2.05, 4.69) is 17.4 Å². The molecule has 0 radical (unpaired) electrons. The Labute approximate surface area is 143 Å². The fourth-order valence-electron chi connectivity index (χ4n) is 2.05. The summed E-state index contributed by atoms with van der Waals surface area (Å²) >= 11 is 5.16. The van der Waals surface area contributed by atoms with Crippen molar-refractivity contribution in [3.63, 3.8) is 0 Å². The molecule has 1 N–H and O–H groups in total. The first-order chi connectivity index (χ1) is 11.1. The summed E-state index contributed by atoms with van der Waals surface area (Å²) in [5.74, 6) is 0.746. The molecule has 0 heterocycles. The van der Waals surface area contributed by atoms with E-state index in [1.165, 1.54) is 0 Å². The molecule has 0 aliphatic heterocycles. The van der Waals surface area contributed by atoms with Crippen LogP contribution in [-0.4, -0.2) is 31.3 Å². The zero-order valence-corrected chi connectivity index (χ0v) is 14.5. The lowest BCUT2D eigenvalue weighted by Crippen LogP contribution is -2.25. The summed E-state index contributed by atoms with van der Waals surface area (Å²) in [5.41, 5.74) is 3.34. The third-order valence-corrected chi connectivity index (χ3v) is 3.65. The molecule has 0 aliphatic rings. The zero-order valence-electron chi connectivity index (χ0n) is 13.7. The van der Waals surface area contributed by atoms with Gasteiger partial charge in [-0.25, -0.2) is 0 Å². The number of ether oxygens (including phenoxy) is 2. The Bertz CT molecular complexity index is 659. The maximum atomic E-state index is 5.63. The van der Waals surface area contributed by atoms with E-state index in [1.54, 1.807) is 12.0 Å². The number of nitrogens with zero attached hydrogens (tertiary/aromatic N) is 1. The van der Waals surface area contributed by atoms with E-state index in [0.29, 0.717) is 18.3 Å². The summed E-state index contributed by atoms with van der Waals surface area (Å²) in [4.78, 5) is 1.77. The van der Waals surface area contributed by atoms with Gasteiger partial charge in [0.1, 0.15) is 5.75 Å². The summed E-state index contributed by atoms with van der Waals surface area (Å²) in [6.07, 6.45) is 0. The highest BCUT2D eigenvalue weighted by molar-refractivity contribution is 7.80. The number of rotatable bonds is 6. The van der Waals surface area contributed by atoms with Gasteiger partial charge in [0.25, 0.3) is 5.17 Å². The maximum absolute atomic E-state index is 5.63. The average Bonchev–Trinajstić information content (AvgIpc) is 2.54. The van der Waals surface area contributed by atoms with Crippen LogP contribution in [-0.2, 0) is 17.9 Å². The molecular weight excluding hydrogens is 308 g/mol. The van der Waals surface area contributed by atoms with Crippen molar-refractivity contribution in [2.45, 2.75) is 13.2 Å². The van der Waals surface area contributed by atoms with Gasteiger partial charge in [-0.1, -0.05) is 24.3 Å². The van der Waals surface area contributed by atoms with Crippen molar-refractivity contribution in [3.8, 4) is 5.75 Å². The summed E-state index contributed by atoms with van der Waals surface area (Å²) < 4.78 is 10.8.